The number of nitrogens with zero attached hydrogens (tertiary/aromatic N) is 1. The fraction of sp³-hybridized carbons (Fsp3) is 0.300. The van der Waals surface area contributed by atoms with Crippen LogP contribution in [-0.2, 0) is 10.9 Å². The van der Waals surface area contributed by atoms with Gasteiger partial charge in [0.05, 0.1) is 11.5 Å². The van der Waals surface area contributed by atoms with Crippen molar-refractivity contribution >= 4 is 23.3 Å². The molecule has 0 bridgehead atoms. The van der Waals surface area contributed by atoms with Gasteiger partial charge in [-0.25, -0.2) is 4.79 Å². The highest BCUT2D eigenvalue weighted by atomic mass is 35.5. The first-order valence-electron chi connectivity index (χ1n) is 4.90. The van der Waals surface area contributed by atoms with Crippen LogP contribution in [0.1, 0.15) is 22.8 Å². The molecule has 0 aliphatic carbocycles. The number of hydrogen-bond acceptors (Lipinski definition) is 4. The van der Waals surface area contributed by atoms with Crippen molar-refractivity contribution in [3.8, 4) is 0 Å². The van der Waals surface area contributed by atoms with Crippen molar-refractivity contribution in [2.75, 3.05) is 6.61 Å². The summed E-state index contributed by atoms with van der Waals surface area (Å²) >= 11 is 5.45. The van der Waals surface area contributed by atoms with Gasteiger partial charge in [0, 0.05) is 5.02 Å². The molecule has 0 aliphatic heterocycles. The molecule has 5 nitrogen and oxygen atoms in total. The number of rotatable bonds is 3. The average Bonchev–Trinajstić information content (AvgIpc) is 2.26. The third-order valence-corrected chi connectivity index (χ3v) is 2.28. The van der Waals surface area contributed by atoms with Gasteiger partial charge < -0.3 is 4.74 Å². The number of benzene rings is 1. The number of carbonyl (C=O) groups is 1. The van der Waals surface area contributed by atoms with Gasteiger partial charge in [-0.15, -0.1) is 0 Å². The van der Waals surface area contributed by atoms with Gasteiger partial charge in [0.1, 0.15) is 11.1 Å². The lowest BCUT2D eigenvalue weighted by Crippen LogP contribution is -2.15. The summed E-state index contributed by atoms with van der Waals surface area (Å²) in [6.07, 6.45) is -5.01. The molecule has 0 heterocycles. The lowest BCUT2D eigenvalue weighted by Gasteiger charge is -2.11. The maximum atomic E-state index is 12.7. The molecule has 1 aromatic rings. The van der Waals surface area contributed by atoms with E-state index in [0.717, 1.165) is 6.07 Å². The molecule has 0 fully saturated rings. The third kappa shape index (κ3) is 3.34. The summed E-state index contributed by atoms with van der Waals surface area (Å²) < 4.78 is 42.6. The first-order valence-corrected chi connectivity index (χ1v) is 5.28. The van der Waals surface area contributed by atoms with Crippen molar-refractivity contribution in [3.05, 3.63) is 38.4 Å². The first-order chi connectivity index (χ1) is 8.68. The largest absolute Gasteiger partial charge is 0.462 e. The highest BCUT2D eigenvalue weighted by molar-refractivity contribution is 6.31. The molecule has 1 rings (SSSR count). The number of alkyl halides is 3. The standard InChI is InChI=1S/C10H7ClF3NO4/c1-2-19-9(16)6-3-5(11)4-7(10(12,13)14)8(6)15(17)18/h3-4H,2H2,1H3. The second-order valence-corrected chi connectivity index (χ2v) is 3.76. The van der Waals surface area contributed by atoms with Crippen LogP contribution in [-0.4, -0.2) is 17.5 Å². The molecule has 0 saturated heterocycles. The van der Waals surface area contributed by atoms with E-state index in [9.17, 15) is 28.1 Å². The van der Waals surface area contributed by atoms with Crippen LogP contribution in [0.4, 0.5) is 18.9 Å². The number of carbonyl (C=O) groups excluding carboxylic acids is 1. The van der Waals surface area contributed by atoms with Crippen LogP contribution in [0.5, 0.6) is 0 Å². The summed E-state index contributed by atoms with van der Waals surface area (Å²) in [6.45, 7) is 1.28. The number of ether oxygens (including phenoxy) is 1. The Morgan fingerprint density at radius 3 is 2.47 bits per heavy atom. The molecule has 0 saturated carbocycles. The summed E-state index contributed by atoms with van der Waals surface area (Å²) in [5, 5.41) is 10.3. The molecule has 19 heavy (non-hydrogen) atoms. The monoisotopic (exact) mass is 297 g/mol. The van der Waals surface area contributed by atoms with E-state index in [4.69, 9.17) is 11.6 Å². The summed E-state index contributed by atoms with van der Waals surface area (Å²) in [7, 11) is 0. The molecule has 0 radical (unpaired) electrons. The van der Waals surface area contributed by atoms with Crippen molar-refractivity contribution in [1.82, 2.24) is 0 Å². The third-order valence-electron chi connectivity index (χ3n) is 2.06. The Morgan fingerprint density at radius 1 is 1.47 bits per heavy atom. The molecule has 9 heteroatoms. The maximum Gasteiger partial charge on any atom is 0.423 e. The number of esters is 1. The zero-order valence-electron chi connectivity index (χ0n) is 9.45. The molecule has 0 spiro atoms. The molecule has 0 aromatic heterocycles. The zero-order chi connectivity index (χ0) is 14.8. The Labute approximate surface area is 110 Å². The van der Waals surface area contributed by atoms with Gasteiger partial charge in [0.25, 0.3) is 5.69 Å². The molecule has 0 N–H and O–H groups in total. The van der Waals surface area contributed by atoms with E-state index in [0.29, 0.717) is 6.07 Å². The van der Waals surface area contributed by atoms with E-state index in [1.165, 1.54) is 6.92 Å². The Hall–Kier alpha value is -1.83. The minimum atomic E-state index is -5.01. The van der Waals surface area contributed by atoms with Crippen LogP contribution < -0.4 is 0 Å². The van der Waals surface area contributed by atoms with Crippen LogP contribution in [0.25, 0.3) is 0 Å². The quantitative estimate of drug-likeness (QED) is 0.487. The van der Waals surface area contributed by atoms with Crippen molar-refractivity contribution in [2.24, 2.45) is 0 Å². The summed E-state index contributed by atoms with van der Waals surface area (Å²) in [6, 6.07) is 1.16. The van der Waals surface area contributed by atoms with Gasteiger partial charge in [0.15, 0.2) is 0 Å². The van der Waals surface area contributed by atoms with Gasteiger partial charge in [-0.2, -0.15) is 13.2 Å². The Balaban J connectivity index is 3.59. The Kier molecular flexibility index (Phi) is 4.35. The van der Waals surface area contributed by atoms with Crippen molar-refractivity contribution < 1.29 is 27.6 Å². The van der Waals surface area contributed by atoms with Gasteiger partial charge in [-0.05, 0) is 19.1 Å². The highest BCUT2D eigenvalue weighted by Crippen LogP contribution is 2.40. The van der Waals surface area contributed by atoms with Crippen molar-refractivity contribution in [1.29, 1.82) is 0 Å². The maximum absolute atomic E-state index is 12.7. The van der Waals surface area contributed by atoms with E-state index < -0.39 is 38.9 Å². The Bertz CT molecular complexity index is 530. The first kappa shape index (κ1) is 15.2. The number of nitro benzene ring substituents is 1. The second kappa shape index (κ2) is 5.43. The topological polar surface area (TPSA) is 69.4 Å². The predicted octanol–water partition coefficient (Wildman–Crippen LogP) is 3.44. The highest BCUT2D eigenvalue weighted by Gasteiger charge is 2.41. The lowest BCUT2D eigenvalue weighted by atomic mass is 10.1. The molecule has 0 unspecified atom stereocenters. The number of halogens is 4. The van der Waals surface area contributed by atoms with E-state index in [1.807, 2.05) is 0 Å². The van der Waals surface area contributed by atoms with Crippen LogP contribution in [0.2, 0.25) is 5.02 Å². The predicted molar refractivity (Wildman–Crippen MR) is 59.1 cm³/mol. The van der Waals surface area contributed by atoms with Crippen molar-refractivity contribution in [2.45, 2.75) is 13.1 Å². The summed E-state index contributed by atoms with van der Waals surface area (Å²) in [5.41, 5.74) is -3.78. The lowest BCUT2D eigenvalue weighted by molar-refractivity contribution is -0.388. The smallest absolute Gasteiger partial charge is 0.423 e. The SMILES string of the molecule is CCOC(=O)c1cc(Cl)cc(C(F)(F)F)c1[N+](=O)[O-]. The minimum Gasteiger partial charge on any atom is -0.462 e. The van der Waals surface area contributed by atoms with Gasteiger partial charge in [0.2, 0.25) is 0 Å². The second-order valence-electron chi connectivity index (χ2n) is 3.32. The average molecular weight is 298 g/mol. The van der Waals surface area contributed by atoms with Crippen LogP contribution >= 0.6 is 11.6 Å². The van der Waals surface area contributed by atoms with E-state index >= 15 is 0 Å². The number of nitro groups is 1. The zero-order valence-corrected chi connectivity index (χ0v) is 10.2. The van der Waals surface area contributed by atoms with Crippen LogP contribution in [0.3, 0.4) is 0 Å². The van der Waals surface area contributed by atoms with Crippen LogP contribution in [0, 0.1) is 10.1 Å². The van der Waals surface area contributed by atoms with Gasteiger partial charge in [-0.1, -0.05) is 11.6 Å². The number of hydrogen-bond donors (Lipinski definition) is 0. The van der Waals surface area contributed by atoms with E-state index in [1.54, 1.807) is 0 Å². The Morgan fingerprint density at radius 2 is 2.05 bits per heavy atom. The fourth-order valence-corrected chi connectivity index (χ4v) is 1.59. The molecular weight excluding hydrogens is 291 g/mol. The minimum absolute atomic E-state index is 0.135. The molecule has 1 aromatic carbocycles. The summed E-state index contributed by atoms with van der Waals surface area (Å²) in [4.78, 5) is 20.9. The molecular formula is C10H7ClF3NO4. The van der Waals surface area contributed by atoms with Gasteiger partial charge >= 0.3 is 12.1 Å². The molecule has 0 amide bonds. The molecule has 0 atom stereocenters. The van der Waals surface area contributed by atoms with Crippen LogP contribution in [0.15, 0.2) is 12.1 Å². The van der Waals surface area contributed by atoms with Gasteiger partial charge in [-0.3, -0.25) is 10.1 Å². The fourth-order valence-electron chi connectivity index (χ4n) is 1.38. The molecule has 0 aliphatic rings. The van der Waals surface area contributed by atoms with E-state index in [-0.39, 0.29) is 6.61 Å². The summed E-state index contributed by atoms with van der Waals surface area (Å²) in [5.74, 6) is -1.23. The molecule has 104 valence electrons. The normalized spacial score (nSPS) is 11.2. The van der Waals surface area contributed by atoms with Crippen molar-refractivity contribution in [3.63, 3.8) is 0 Å². The van der Waals surface area contributed by atoms with E-state index in [2.05, 4.69) is 4.74 Å².